The molecule has 1 unspecified atom stereocenters. The fourth-order valence-corrected chi connectivity index (χ4v) is 6.02. The van der Waals surface area contributed by atoms with E-state index in [0.717, 1.165) is 10.1 Å². The zero-order valence-electron chi connectivity index (χ0n) is 25.5. The Morgan fingerprint density at radius 3 is 1.71 bits per heavy atom. The lowest BCUT2D eigenvalue weighted by Crippen LogP contribution is -2.69. The number of aliphatic hydroxyl groups is 3. The number of nitrogens with one attached hydrogen (secondary N) is 1. The zero-order valence-corrected chi connectivity index (χ0v) is 25.5. The Bertz CT molecular complexity index is 1990. The molecule has 1 aliphatic rings. The molecule has 0 aliphatic carbocycles. The molecule has 4 aromatic carbocycles. The van der Waals surface area contributed by atoms with Crippen molar-refractivity contribution in [2.24, 2.45) is 0 Å². The van der Waals surface area contributed by atoms with Crippen LogP contribution in [0.1, 0.15) is 42.9 Å². The van der Waals surface area contributed by atoms with Gasteiger partial charge in [-0.3, -0.25) is 23.7 Å². The first-order valence-corrected chi connectivity index (χ1v) is 15.2. The smallest absolute Gasteiger partial charge is 0.254 e. The molecular formula is C38H32N2O8. The van der Waals surface area contributed by atoms with Gasteiger partial charge in [-0.05, 0) is 11.6 Å². The van der Waals surface area contributed by atoms with Crippen LogP contribution in [-0.2, 0) is 11.3 Å². The second-order valence-corrected chi connectivity index (χ2v) is 11.5. The molecule has 1 aromatic heterocycles. The maximum Gasteiger partial charge on any atom is 0.254 e. The highest BCUT2D eigenvalue weighted by Gasteiger charge is 2.75. The molecule has 4 N–H and O–H groups in total. The molecule has 10 heteroatoms. The average molecular weight is 645 g/mol. The van der Waals surface area contributed by atoms with Crippen molar-refractivity contribution >= 4 is 23.0 Å². The first kappa shape index (κ1) is 32.4. The van der Waals surface area contributed by atoms with Crippen molar-refractivity contribution in [3.8, 4) is 0 Å². The van der Waals surface area contributed by atoms with Gasteiger partial charge < -0.3 is 25.4 Å². The summed E-state index contributed by atoms with van der Waals surface area (Å²) in [5.74, 6) is -3.31. The standard InChI is InChI=1S/C38H32N2O8/c41-30-23-29(39-24-25-13-5-1-6-14-25)21-22-40(30)36-38(47,34(45)28-19-11-4-12-20-28)37(46,33(44)27-17-9-3-10-18-27)35(48-36)32(43)31(42)26-15-7-2-8-16-26/h1-23,32,35-36,39,43,46-47H,24H2/t32?,35-,36-,37-,38+/m1/s1. The second-order valence-electron chi connectivity index (χ2n) is 11.5. The first-order chi connectivity index (χ1) is 23.2. The number of aliphatic hydroxyl groups excluding tert-OH is 1. The van der Waals surface area contributed by atoms with Gasteiger partial charge in [0, 0.05) is 41.2 Å². The van der Waals surface area contributed by atoms with E-state index in [0.29, 0.717) is 12.2 Å². The quantitative estimate of drug-likeness (QED) is 0.157. The van der Waals surface area contributed by atoms with E-state index >= 15 is 0 Å². The lowest BCUT2D eigenvalue weighted by molar-refractivity contribution is -0.108. The Morgan fingerprint density at radius 1 is 0.708 bits per heavy atom. The van der Waals surface area contributed by atoms with E-state index in [-0.39, 0.29) is 16.7 Å². The Balaban J connectivity index is 1.50. The van der Waals surface area contributed by atoms with Gasteiger partial charge in [-0.15, -0.1) is 0 Å². The minimum atomic E-state index is -3.28. The van der Waals surface area contributed by atoms with Crippen molar-refractivity contribution in [2.75, 3.05) is 5.32 Å². The number of pyridine rings is 1. The average Bonchev–Trinajstić information content (AvgIpc) is 3.38. The van der Waals surface area contributed by atoms with Crippen LogP contribution in [0.2, 0.25) is 0 Å². The summed E-state index contributed by atoms with van der Waals surface area (Å²) < 4.78 is 6.91. The molecule has 5 atom stereocenters. The Hall–Kier alpha value is -5.52. The van der Waals surface area contributed by atoms with Crippen molar-refractivity contribution in [3.63, 3.8) is 0 Å². The van der Waals surface area contributed by atoms with Gasteiger partial charge in [-0.2, -0.15) is 0 Å². The monoisotopic (exact) mass is 644 g/mol. The van der Waals surface area contributed by atoms with Gasteiger partial charge in [-0.25, -0.2) is 0 Å². The summed E-state index contributed by atoms with van der Waals surface area (Å²) in [5.41, 5.74) is -6.15. The SMILES string of the molecule is O=C(c1ccccc1)C(O)[C@H]1O[C@@H](n2ccc(NCc3ccccc3)cc2=O)[C@@](O)(C(=O)c2ccccc2)[C@@]1(O)C(=O)c1ccccc1. The summed E-state index contributed by atoms with van der Waals surface area (Å²) in [7, 11) is 0. The number of carbonyl (C=O) groups is 3. The maximum atomic E-state index is 14.4. The van der Waals surface area contributed by atoms with Crippen LogP contribution < -0.4 is 10.9 Å². The molecule has 0 saturated carbocycles. The van der Waals surface area contributed by atoms with Crippen LogP contribution in [0, 0.1) is 0 Å². The number of carbonyl (C=O) groups excluding carboxylic acids is 3. The number of aromatic nitrogens is 1. The van der Waals surface area contributed by atoms with Crippen molar-refractivity contribution in [3.05, 3.63) is 172 Å². The third-order valence-corrected chi connectivity index (χ3v) is 8.54. The normalized spacial score (nSPS) is 22.5. The maximum absolute atomic E-state index is 14.4. The van der Waals surface area contributed by atoms with E-state index in [1.807, 2.05) is 30.3 Å². The van der Waals surface area contributed by atoms with Gasteiger partial charge in [0.15, 0.2) is 17.6 Å². The second kappa shape index (κ2) is 13.3. The molecule has 1 fully saturated rings. The Kier molecular flexibility index (Phi) is 8.99. The molecule has 1 saturated heterocycles. The van der Waals surface area contributed by atoms with Crippen molar-refractivity contribution < 1.29 is 34.4 Å². The molecule has 0 radical (unpaired) electrons. The Labute approximate surface area is 275 Å². The van der Waals surface area contributed by atoms with E-state index in [1.165, 1.54) is 79.0 Å². The molecule has 0 spiro atoms. The summed E-state index contributed by atoms with van der Waals surface area (Å²) in [5, 5.41) is 39.9. The third kappa shape index (κ3) is 5.67. The molecule has 0 bridgehead atoms. The van der Waals surface area contributed by atoms with E-state index in [4.69, 9.17) is 4.74 Å². The summed E-state index contributed by atoms with van der Waals surface area (Å²) >= 11 is 0. The van der Waals surface area contributed by atoms with Gasteiger partial charge in [0.1, 0.15) is 12.2 Å². The van der Waals surface area contributed by atoms with Crippen LogP contribution in [0.25, 0.3) is 0 Å². The van der Waals surface area contributed by atoms with Crippen molar-refractivity contribution in [2.45, 2.75) is 36.2 Å². The van der Waals surface area contributed by atoms with E-state index < -0.39 is 52.5 Å². The van der Waals surface area contributed by atoms with Gasteiger partial charge in [0.25, 0.3) is 5.56 Å². The number of rotatable bonds is 11. The predicted molar refractivity (Wildman–Crippen MR) is 177 cm³/mol. The van der Waals surface area contributed by atoms with Crippen LogP contribution in [0.15, 0.2) is 144 Å². The number of ether oxygens (including phenoxy) is 1. The van der Waals surface area contributed by atoms with Crippen molar-refractivity contribution in [1.82, 2.24) is 4.57 Å². The van der Waals surface area contributed by atoms with Crippen LogP contribution in [0.4, 0.5) is 5.69 Å². The van der Waals surface area contributed by atoms with Gasteiger partial charge in [0.05, 0.1) is 0 Å². The minimum Gasteiger partial charge on any atom is -0.382 e. The molecule has 0 amide bonds. The predicted octanol–water partition coefficient (Wildman–Crippen LogP) is 3.83. The van der Waals surface area contributed by atoms with Crippen LogP contribution >= 0.6 is 0 Å². The number of nitrogens with zero attached hydrogens (tertiary/aromatic N) is 1. The highest BCUT2D eigenvalue weighted by molar-refractivity contribution is 6.14. The van der Waals surface area contributed by atoms with Crippen LogP contribution in [-0.4, -0.2) is 60.6 Å². The summed E-state index contributed by atoms with van der Waals surface area (Å²) in [6, 6.07) is 34.5. The minimum absolute atomic E-state index is 0.0236. The summed E-state index contributed by atoms with van der Waals surface area (Å²) in [4.78, 5) is 56.1. The Morgan fingerprint density at radius 2 is 1.19 bits per heavy atom. The van der Waals surface area contributed by atoms with E-state index in [1.54, 1.807) is 30.3 Å². The lowest BCUT2D eigenvalue weighted by atomic mass is 9.69. The number of hydrogen-bond donors (Lipinski definition) is 4. The summed E-state index contributed by atoms with van der Waals surface area (Å²) in [6.07, 6.45) is -5.29. The third-order valence-electron chi connectivity index (χ3n) is 8.54. The van der Waals surface area contributed by atoms with Crippen LogP contribution in [0.3, 0.4) is 0 Å². The molecule has 2 heterocycles. The highest BCUT2D eigenvalue weighted by Crippen LogP contribution is 2.50. The van der Waals surface area contributed by atoms with Crippen molar-refractivity contribution in [1.29, 1.82) is 0 Å². The van der Waals surface area contributed by atoms with E-state index in [9.17, 15) is 34.5 Å². The molecule has 48 heavy (non-hydrogen) atoms. The van der Waals surface area contributed by atoms with Gasteiger partial charge in [0.2, 0.25) is 17.2 Å². The lowest BCUT2D eigenvalue weighted by Gasteiger charge is -2.39. The van der Waals surface area contributed by atoms with Gasteiger partial charge in [-0.1, -0.05) is 121 Å². The van der Waals surface area contributed by atoms with Crippen LogP contribution in [0.5, 0.6) is 0 Å². The molecule has 242 valence electrons. The molecule has 1 aliphatic heterocycles. The fraction of sp³-hybridized carbons (Fsp3) is 0.158. The number of Topliss-reactive ketones (excluding diaryl/α,β-unsaturated/α-hetero) is 3. The molecule has 6 rings (SSSR count). The fourth-order valence-electron chi connectivity index (χ4n) is 6.02. The molecule has 5 aromatic rings. The first-order valence-electron chi connectivity index (χ1n) is 15.2. The number of hydrogen-bond acceptors (Lipinski definition) is 9. The number of benzene rings is 4. The van der Waals surface area contributed by atoms with Gasteiger partial charge >= 0.3 is 0 Å². The topological polar surface area (TPSA) is 155 Å². The highest BCUT2D eigenvalue weighted by atomic mass is 16.6. The number of anilines is 1. The van der Waals surface area contributed by atoms with E-state index in [2.05, 4.69) is 5.32 Å². The summed E-state index contributed by atoms with van der Waals surface area (Å²) in [6.45, 7) is 0.391. The zero-order chi connectivity index (χ0) is 33.9. The largest absolute Gasteiger partial charge is 0.382 e. The molecule has 10 nitrogen and oxygen atoms in total. The molecular weight excluding hydrogens is 612 g/mol. The number of ketones is 3.